The summed E-state index contributed by atoms with van der Waals surface area (Å²) in [6.45, 7) is 6.51. The van der Waals surface area contributed by atoms with Crippen LogP contribution in [0.4, 0.5) is 5.69 Å². The van der Waals surface area contributed by atoms with E-state index < -0.39 is 11.5 Å². The lowest BCUT2D eigenvalue weighted by Gasteiger charge is -2.37. The molecule has 0 bridgehead atoms. The highest BCUT2D eigenvalue weighted by Crippen LogP contribution is 2.54. The Balaban J connectivity index is 1.58. The number of carbonyl (C=O) groups is 2. The monoisotopic (exact) mass is 523 g/mol. The fourth-order valence-electron chi connectivity index (χ4n) is 6.78. The van der Waals surface area contributed by atoms with Crippen LogP contribution >= 0.6 is 11.6 Å². The molecular formula is C30H38ClN3O3. The average Bonchev–Trinajstić information content (AvgIpc) is 3.30. The zero-order chi connectivity index (χ0) is 26.4. The smallest absolute Gasteiger partial charge is 0.237 e. The van der Waals surface area contributed by atoms with Gasteiger partial charge in [0.15, 0.2) is 0 Å². The number of halogens is 1. The second-order valence-electron chi connectivity index (χ2n) is 12.3. The minimum absolute atomic E-state index is 0.0381. The Morgan fingerprint density at radius 1 is 1.11 bits per heavy atom. The fraction of sp³-hybridized carbons (Fsp3) is 0.533. The zero-order valence-electron chi connectivity index (χ0n) is 21.9. The maximum Gasteiger partial charge on any atom is 0.237 e. The first kappa shape index (κ1) is 26.2. The van der Waals surface area contributed by atoms with E-state index >= 15 is 0 Å². The van der Waals surface area contributed by atoms with Gasteiger partial charge in [-0.15, -0.1) is 0 Å². The Hall–Kier alpha value is -2.41. The maximum absolute atomic E-state index is 14.1. The Kier molecular flexibility index (Phi) is 7.12. The topological polar surface area (TPSA) is 90.5 Å². The van der Waals surface area contributed by atoms with Gasteiger partial charge >= 0.3 is 0 Å². The quantitative estimate of drug-likeness (QED) is 0.461. The number of benzene rings is 2. The Morgan fingerprint density at radius 3 is 2.49 bits per heavy atom. The van der Waals surface area contributed by atoms with Gasteiger partial charge in [0.2, 0.25) is 11.8 Å². The summed E-state index contributed by atoms with van der Waals surface area (Å²) in [6, 6.07) is 15.0. The van der Waals surface area contributed by atoms with Crippen molar-refractivity contribution in [3.05, 3.63) is 64.7 Å². The Morgan fingerprint density at radius 2 is 1.81 bits per heavy atom. The minimum atomic E-state index is -0.909. The van der Waals surface area contributed by atoms with Crippen molar-refractivity contribution in [2.24, 2.45) is 11.3 Å². The van der Waals surface area contributed by atoms with Crippen LogP contribution in [-0.2, 0) is 21.4 Å². The van der Waals surface area contributed by atoms with E-state index in [1.54, 1.807) is 0 Å². The number of anilines is 1. The van der Waals surface area contributed by atoms with Gasteiger partial charge in [-0.3, -0.25) is 9.59 Å². The van der Waals surface area contributed by atoms with Crippen molar-refractivity contribution in [3.8, 4) is 0 Å². The molecule has 1 aliphatic carbocycles. The SMILES string of the molecule is CC(C)(C)C[C@H]1N[C@@H](C(=O)N[C@H]2CC[C@H](O)CC2)[C@H](Cc2ccccc2)[C@@]12C(=O)Nc1cc(Cl)ccc12. The summed E-state index contributed by atoms with van der Waals surface area (Å²) in [4.78, 5) is 28.0. The number of nitrogens with one attached hydrogen (secondary N) is 3. The van der Waals surface area contributed by atoms with Crippen LogP contribution in [0.2, 0.25) is 5.02 Å². The molecule has 0 aromatic heterocycles. The molecule has 5 rings (SSSR count). The van der Waals surface area contributed by atoms with Gasteiger partial charge < -0.3 is 21.1 Å². The summed E-state index contributed by atoms with van der Waals surface area (Å²) in [6.07, 6.45) is 3.96. The summed E-state index contributed by atoms with van der Waals surface area (Å²) in [5, 5.41) is 20.6. The molecule has 7 heteroatoms. The van der Waals surface area contributed by atoms with Crippen molar-refractivity contribution < 1.29 is 14.7 Å². The highest BCUT2D eigenvalue weighted by atomic mass is 35.5. The second kappa shape index (κ2) is 10.0. The number of rotatable bonds is 5. The molecule has 198 valence electrons. The average molecular weight is 524 g/mol. The van der Waals surface area contributed by atoms with E-state index in [1.807, 2.05) is 36.4 Å². The zero-order valence-corrected chi connectivity index (χ0v) is 22.6. The molecule has 4 N–H and O–H groups in total. The Labute approximate surface area is 224 Å². The van der Waals surface area contributed by atoms with Gasteiger partial charge in [0.25, 0.3) is 0 Å². The normalized spacial score (nSPS) is 31.3. The van der Waals surface area contributed by atoms with Crippen LogP contribution in [0, 0.1) is 11.3 Å². The van der Waals surface area contributed by atoms with Crippen LogP contribution in [0.15, 0.2) is 48.5 Å². The highest BCUT2D eigenvalue weighted by Gasteiger charge is 2.65. The number of carbonyl (C=O) groups excluding carboxylic acids is 2. The fourth-order valence-corrected chi connectivity index (χ4v) is 6.95. The number of hydrogen-bond donors (Lipinski definition) is 4. The number of aliphatic hydroxyl groups excluding tert-OH is 1. The molecule has 2 aromatic rings. The molecule has 2 amide bonds. The molecule has 2 aliphatic heterocycles. The van der Waals surface area contributed by atoms with Crippen LogP contribution in [0.25, 0.3) is 0 Å². The van der Waals surface area contributed by atoms with Crippen molar-refractivity contribution >= 4 is 29.1 Å². The Bertz CT molecular complexity index is 1160. The van der Waals surface area contributed by atoms with Gasteiger partial charge in [-0.2, -0.15) is 0 Å². The van der Waals surface area contributed by atoms with E-state index in [-0.39, 0.29) is 41.3 Å². The molecule has 6 nitrogen and oxygen atoms in total. The lowest BCUT2D eigenvalue weighted by atomic mass is 9.63. The lowest BCUT2D eigenvalue weighted by Crippen LogP contribution is -2.51. The van der Waals surface area contributed by atoms with Crippen molar-refractivity contribution in [2.45, 2.75) is 88.9 Å². The van der Waals surface area contributed by atoms with Gasteiger partial charge in [0, 0.05) is 28.7 Å². The first-order valence-corrected chi connectivity index (χ1v) is 13.9. The molecule has 3 aliphatic rings. The number of hydrogen-bond acceptors (Lipinski definition) is 4. The predicted octanol–water partition coefficient (Wildman–Crippen LogP) is 4.59. The first-order valence-electron chi connectivity index (χ1n) is 13.5. The largest absolute Gasteiger partial charge is 0.393 e. The third kappa shape index (κ3) is 5.04. The molecule has 2 fully saturated rings. The molecule has 4 atom stereocenters. The highest BCUT2D eigenvalue weighted by molar-refractivity contribution is 6.31. The summed E-state index contributed by atoms with van der Waals surface area (Å²) < 4.78 is 0. The van der Waals surface area contributed by atoms with Crippen molar-refractivity contribution in [1.82, 2.24) is 10.6 Å². The number of aliphatic hydroxyl groups is 1. The number of fused-ring (bicyclic) bond motifs is 2. The van der Waals surface area contributed by atoms with Crippen molar-refractivity contribution in [1.29, 1.82) is 0 Å². The van der Waals surface area contributed by atoms with E-state index in [9.17, 15) is 14.7 Å². The molecule has 37 heavy (non-hydrogen) atoms. The maximum atomic E-state index is 14.1. The van der Waals surface area contributed by atoms with Gasteiger partial charge in [-0.25, -0.2) is 0 Å². The molecule has 0 radical (unpaired) electrons. The van der Waals surface area contributed by atoms with E-state index in [0.717, 1.165) is 36.1 Å². The lowest BCUT2D eigenvalue weighted by molar-refractivity contribution is -0.126. The molecular weight excluding hydrogens is 486 g/mol. The molecule has 2 aromatic carbocycles. The second-order valence-corrected chi connectivity index (χ2v) is 12.7. The van der Waals surface area contributed by atoms with E-state index in [2.05, 4.69) is 48.9 Å². The van der Waals surface area contributed by atoms with E-state index in [1.165, 1.54) is 0 Å². The minimum Gasteiger partial charge on any atom is -0.393 e. The van der Waals surface area contributed by atoms with Crippen LogP contribution in [0.1, 0.15) is 64.0 Å². The first-order chi connectivity index (χ1) is 17.6. The van der Waals surface area contributed by atoms with Crippen molar-refractivity contribution in [2.75, 3.05) is 5.32 Å². The summed E-state index contributed by atoms with van der Waals surface area (Å²) in [7, 11) is 0. The summed E-state index contributed by atoms with van der Waals surface area (Å²) >= 11 is 6.32. The predicted molar refractivity (Wildman–Crippen MR) is 147 cm³/mol. The van der Waals surface area contributed by atoms with Crippen LogP contribution < -0.4 is 16.0 Å². The third-order valence-electron chi connectivity index (χ3n) is 8.41. The summed E-state index contributed by atoms with van der Waals surface area (Å²) in [5.74, 6) is -0.421. The molecule has 0 unspecified atom stereocenters. The molecule has 2 heterocycles. The standard InChI is InChI=1S/C30H38ClN3O3/c1-29(2,3)17-25-30(22-14-9-19(31)16-24(22)33-28(30)37)23(15-18-7-5-4-6-8-18)26(34-25)27(36)32-20-10-12-21(35)13-11-20/h4-9,14,16,20-21,23,25-26,34-35H,10-13,15,17H2,1-3H3,(H,32,36)(H,33,37)/t20-,21-,23-,25+,26+,30+/m0/s1. The van der Waals surface area contributed by atoms with E-state index in [0.29, 0.717) is 24.3 Å². The van der Waals surface area contributed by atoms with Gasteiger partial charge in [-0.1, -0.05) is 68.8 Å². The van der Waals surface area contributed by atoms with Crippen molar-refractivity contribution in [3.63, 3.8) is 0 Å². The molecule has 1 saturated carbocycles. The van der Waals surface area contributed by atoms with Crippen LogP contribution in [-0.4, -0.2) is 41.2 Å². The van der Waals surface area contributed by atoms with Crippen LogP contribution in [0.5, 0.6) is 0 Å². The molecule has 1 saturated heterocycles. The molecule has 1 spiro atoms. The summed E-state index contributed by atoms with van der Waals surface area (Å²) in [5.41, 5.74) is 1.77. The third-order valence-corrected chi connectivity index (χ3v) is 8.64. The van der Waals surface area contributed by atoms with Gasteiger partial charge in [0.05, 0.1) is 17.6 Å². The van der Waals surface area contributed by atoms with Gasteiger partial charge in [0.1, 0.15) is 0 Å². The van der Waals surface area contributed by atoms with E-state index in [4.69, 9.17) is 11.6 Å². The number of amides is 2. The van der Waals surface area contributed by atoms with Gasteiger partial charge in [-0.05, 0) is 67.2 Å². The van der Waals surface area contributed by atoms with Crippen LogP contribution in [0.3, 0.4) is 0 Å².